The molecule has 0 spiro atoms. The van der Waals surface area contributed by atoms with E-state index in [2.05, 4.69) is 55.7 Å². The molecule has 1 atom stereocenters. The van der Waals surface area contributed by atoms with Gasteiger partial charge in [-0.25, -0.2) is 4.98 Å². The molecule has 0 aliphatic carbocycles. The van der Waals surface area contributed by atoms with E-state index >= 15 is 0 Å². The quantitative estimate of drug-likeness (QED) is 0.701. The highest BCUT2D eigenvalue weighted by Crippen LogP contribution is 2.14. The van der Waals surface area contributed by atoms with Crippen molar-refractivity contribution in [3.63, 3.8) is 0 Å². The summed E-state index contributed by atoms with van der Waals surface area (Å²) in [6, 6.07) is 0.504. The average molecular weight is 251 g/mol. The van der Waals surface area contributed by atoms with E-state index < -0.39 is 0 Å². The summed E-state index contributed by atoms with van der Waals surface area (Å²) < 4.78 is 2.25. The minimum absolute atomic E-state index is 0.504. The van der Waals surface area contributed by atoms with Crippen LogP contribution < -0.4 is 5.32 Å². The Balaban J connectivity index is 2.54. The second kappa shape index (κ2) is 7.45. The number of nitrogens with one attached hydrogen (secondary N) is 1. The molecule has 18 heavy (non-hydrogen) atoms. The van der Waals surface area contributed by atoms with Gasteiger partial charge in [0.05, 0.1) is 5.69 Å². The van der Waals surface area contributed by atoms with E-state index in [9.17, 15) is 0 Å². The maximum Gasteiger partial charge on any atom is 0.203 e. The average Bonchev–Trinajstić information content (AvgIpc) is 2.58. The largest absolute Gasteiger partial charge is 0.353 e. The van der Waals surface area contributed by atoms with E-state index in [0.717, 1.165) is 18.2 Å². The first-order chi connectivity index (χ1) is 8.52. The maximum atomic E-state index is 4.58. The third-order valence-corrected chi connectivity index (χ3v) is 3.08. The second-order valence-electron chi connectivity index (χ2n) is 5.79. The standard InChI is InChI=1S/C15H29N3/c1-6-7-8-9-13(4)16-15-17-14(5)11-18(15)10-12(2)3/h11-13H,6-10H2,1-5H3,(H,16,17). The third kappa shape index (κ3) is 5.11. The van der Waals surface area contributed by atoms with Gasteiger partial charge in [-0.05, 0) is 26.2 Å². The minimum atomic E-state index is 0.504. The highest BCUT2D eigenvalue weighted by molar-refractivity contribution is 5.29. The molecule has 0 amide bonds. The van der Waals surface area contributed by atoms with E-state index in [1.54, 1.807) is 0 Å². The van der Waals surface area contributed by atoms with Gasteiger partial charge in [-0.2, -0.15) is 0 Å². The van der Waals surface area contributed by atoms with Crippen LogP contribution in [-0.4, -0.2) is 15.6 Å². The van der Waals surface area contributed by atoms with Gasteiger partial charge in [0.25, 0.3) is 0 Å². The molecule has 1 aromatic rings. The van der Waals surface area contributed by atoms with Crippen molar-refractivity contribution in [1.29, 1.82) is 0 Å². The van der Waals surface area contributed by atoms with E-state index in [1.807, 2.05) is 0 Å². The maximum absolute atomic E-state index is 4.58. The molecule has 0 aliphatic heterocycles. The molecule has 0 saturated heterocycles. The summed E-state index contributed by atoms with van der Waals surface area (Å²) >= 11 is 0. The summed E-state index contributed by atoms with van der Waals surface area (Å²) in [4.78, 5) is 4.58. The molecular weight excluding hydrogens is 222 g/mol. The summed E-state index contributed by atoms with van der Waals surface area (Å²) in [5.74, 6) is 1.68. The number of unbranched alkanes of at least 4 members (excludes halogenated alkanes) is 2. The molecule has 0 aliphatic rings. The van der Waals surface area contributed by atoms with Gasteiger partial charge in [-0.1, -0.05) is 40.0 Å². The zero-order chi connectivity index (χ0) is 13.5. The molecule has 0 aromatic carbocycles. The Morgan fingerprint density at radius 2 is 2.00 bits per heavy atom. The lowest BCUT2D eigenvalue weighted by molar-refractivity contribution is 0.521. The predicted molar refractivity (Wildman–Crippen MR) is 79.0 cm³/mol. The normalized spacial score (nSPS) is 13.0. The number of imidazole rings is 1. The molecule has 0 bridgehead atoms. The molecule has 1 N–H and O–H groups in total. The van der Waals surface area contributed by atoms with Crippen LogP contribution in [0.25, 0.3) is 0 Å². The second-order valence-corrected chi connectivity index (χ2v) is 5.79. The van der Waals surface area contributed by atoms with Gasteiger partial charge in [-0.3, -0.25) is 0 Å². The highest BCUT2D eigenvalue weighted by Gasteiger charge is 2.09. The Kier molecular flexibility index (Phi) is 6.23. The van der Waals surface area contributed by atoms with Crippen LogP contribution in [0.1, 0.15) is 59.1 Å². The van der Waals surface area contributed by atoms with Crippen LogP contribution in [0.3, 0.4) is 0 Å². The highest BCUT2D eigenvalue weighted by atomic mass is 15.2. The first-order valence-corrected chi connectivity index (χ1v) is 7.33. The van der Waals surface area contributed by atoms with Crippen molar-refractivity contribution in [2.24, 2.45) is 5.92 Å². The van der Waals surface area contributed by atoms with Crippen LogP contribution >= 0.6 is 0 Å². The molecular formula is C15H29N3. The number of aromatic nitrogens is 2. The molecule has 0 fully saturated rings. The summed E-state index contributed by atoms with van der Waals surface area (Å²) in [6.07, 6.45) is 7.27. The van der Waals surface area contributed by atoms with Crippen molar-refractivity contribution < 1.29 is 0 Å². The van der Waals surface area contributed by atoms with Crippen molar-refractivity contribution in [2.45, 2.75) is 72.9 Å². The summed E-state index contributed by atoms with van der Waals surface area (Å²) in [5, 5.41) is 3.55. The number of hydrogen-bond donors (Lipinski definition) is 1. The Hall–Kier alpha value is -0.990. The molecule has 3 heteroatoms. The summed E-state index contributed by atoms with van der Waals surface area (Å²) in [6.45, 7) is 12.1. The monoisotopic (exact) mass is 251 g/mol. The van der Waals surface area contributed by atoms with Gasteiger partial charge >= 0.3 is 0 Å². The van der Waals surface area contributed by atoms with Crippen molar-refractivity contribution in [2.75, 3.05) is 5.32 Å². The molecule has 1 aromatic heterocycles. The van der Waals surface area contributed by atoms with Crippen molar-refractivity contribution in [3.05, 3.63) is 11.9 Å². The molecule has 0 radical (unpaired) electrons. The van der Waals surface area contributed by atoms with E-state index in [4.69, 9.17) is 0 Å². The Labute approximate surface area is 112 Å². The lowest BCUT2D eigenvalue weighted by Crippen LogP contribution is -2.19. The topological polar surface area (TPSA) is 29.9 Å². The van der Waals surface area contributed by atoms with Gasteiger partial charge < -0.3 is 9.88 Å². The van der Waals surface area contributed by atoms with Gasteiger partial charge in [0.2, 0.25) is 5.95 Å². The fraction of sp³-hybridized carbons (Fsp3) is 0.800. The lowest BCUT2D eigenvalue weighted by atomic mass is 10.1. The smallest absolute Gasteiger partial charge is 0.203 e. The van der Waals surface area contributed by atoms with E-state index in [-0.39, 0.29) is 0 Å². The fourth-order valence-corrected chi connectivity index (χ4v) is 2.19. The van der Waals surface area contributed by atoms with Crippen molar-refractivity contribution >= 4 is 5.95 Å². The molecule has 1 rings (SSSR count). The van der Waals surface area contributed by atoms with Crippen LogP contribution in [0.4, 0.5) is 5.95 Å². The number of anilines is 1. The Bertz CT molecular complexity index is 342. The number of hydrogen-bond acceptors (Lipinski definition) is 2. The molecule has 3 nitrogen and oxygen atoms in total. The van der Waals surface area contributed by atoms with Crippen LogP contribution in [0.5, 0.6) is 0 Å². The van der Waals surface area contributed by atoms with Gasteiger partial charge in [0, 0.05) is 18.8 Å². The number of rotatable bonds is 8. The zero-order valence-corrected chi connectivity index (χ0v) is 12.7. The summed E-state index contributed by atoms with van der Waals surface area (Å²) in [7, 11) is 0. The fourth-order valence-electron chi connectivity index (χ4n) is 2.19. The SMILES string of the molecule is CCCCCC(C)Nc1nc(C)cn1CC(C)C. The van der Waals surface area contributed by atoms with E-state index in [0.29, 0.717) is 12.0 Å². The van der Waals surface area contributed by atoms with Crippen LogP contribution in [-0.2, 0) is 6.54 Å². The Morgan fingerprint density at radius 3 is 2.61 bits per heavy atom. The van der Waals surface area contributed by atoms with Crippen molar-refractivity contribution in [1.82, 2.24) is 9.55 Å². The van der Waals surface area contributed by atoms with E-state index in [1.165, 1.54) is 25.7 Å². The van der Waals surface area contributed by atoms with Crippen molar-refractivity contribution in [3.8, 4) is 0 Å². The minimum Gasteiger partial charge on any atom is -0.353 e. The Morgan fingerprint density at radius 1 is 1.28 bits per heavy atom. The van der Waals surface area contributed by atoms with Crippen LogP contribution in [0, 0.1) is 12.8 Å². The number of aryl methyl sites for hydroxylation is 1. The van der Waals surface area contributed by atoms with Gasteiger partial charge in [-0.15, -0.1) is 0 Å². The molecule has 1 heterocycles. The van der Waals surface area contributed by atoms with Gasteiger partial charge in [0.1, 0.15) is 0 Å². The molecule has 0 saturated carbocycles. The molecule has 1 unspecified atom stereocenters. The van der Waals surface area contributed by atoms with Crippen LogP contribution in [0.15, 0.2) is 6.20 Å². The summed E-state index contributed by atoms with van der Waals surface area (Å²) in [5.41, 5.74) is 1.10. The lowest BCUT2D eigenvalue weighted by Gasteiger charge is -2.16. The first kappa shape index (κ1) is 15.1. The predicted octanol–water partition coefficient (Wildman–Crippen LogP) is 4.23. The molecule has 104 valence electrons. The zero-order valence-electron chi connectivity index (χ0n) is 12.7. The third-order valence-electron chi connectivity index (χ3n) is 3.08. The van der Waals surface area contributed by atoms with Crippen LogP contribution in [0.2, 0.25) is 0 Å². The number of nitrogens with zero attached hydrogens (tertiary/aromatic N) is 2. The first-order valence-electron chi connectivity index (χ1n) is 7.33. The van der Waals surface area contributed by atoms with Gasteiger partial charge in [0.15, 0.2) is 0 Å².